The summed E-state index contributed by atoms with van der Waals surface area (Å²) < 4.78 is 19.1. The highest BCUT2D eigenvalue weighted by Gasteiger charge is 2.07. The summed E-state index contributed by atoms with van der Waals surface area (Å²) in [7, 11) is 0. The number of benzene rings is 2. The molecule has 0 atom stereocenters. The van der Waals surface area contributed by atoms with Crippen LogP contribution < -0.4 is 4.74 Å². The van der Waals surface area contributed by atoms with Gasteiger partial charge in [-0.3, -0.25) is 4.79 Å². The number of ether oxygens (including phenoxy) is 1. The number of hydrogen-bond acceptors (Lipinski definition) is 2. The Morgan fingerprint density at radius 3 is 2.55 bits per heavy atom. The van der Waals surface area contributed by atoms with E-state index in [-0.39, 0.29) is 11.5 Å². The van der Waals surface area contributed by atoms with E-state index < -0.39 is 5.82 Å². The van der Waals surface area contributed by atoms with Crippen molar-refractivity contribution in [2.75, 3.05) is 6.61 Å². The highest BCUT2D eigenvalue weighted by atomic mass is 19.1. The van der Waals surface area contributed by atoms with Crippen LogP contribution in [0.1, 0.15) is 29.3 Å². The lowest BCUT2D eigenvalue weighted by molar-refractivity contribution is 0.101. The summed E-state index contributed by atoms with van der Waals surface area (Å²) >= 11 is 0. The van der Waals surface area contributed by atoms with Crippen LogP contribution in [-0.4, -0.2) is 12.4 Å². The molecule has 2 rings (SSSR count). The molecule has 2 aromatic carbocycles. The van der Waals surface area contributed by atoms with E-state index in [4.69, 9.17) is 4.74 Å². The van der Waals surface area contributed by atoms with Gasteiger partial charge in [0.05, 0.1) is 6.61 Å². The van der Waals surface area contributed by atoms with E-state index in [0.717, 1.165) is 12.8 Å². The first kappa shape index (κ1) is 14.3. The van der Waals surface area contributed by atoms with E-state index >= 15 is 0 Å². The van der Waals surface area contributed by atoms with Crippen molar-refractivity contribution in [1.82, 2.24) is 0 Å². The summed E-state index contributed by atoms with van der Waals surface area (Å²) in [6.07, 6.45) is 1.71. The summed E-state index contributed by atoms with van der Waals surface area (Å²) in [4.78, 5) is 11.1. The Hall–Kier alpha value is -2.16. The summed E-state index contributed by atoms with van der Waals surface area (Å²) in [6, 6.07) is 14.4. The van der Waals surface area contributed by atoms with E-state index in [1.807, 2.05) is 18.2 Å². The monoisotopic (exact) mass is 272 g/mol. The average Bonchev–Trinajstić information content (AvgIpc) is 2.46. The van der Waals surface area contributed by atoms with Gasteiger partial charge in [-0.2, -0.15) is 0 Å². The van der Waals surface area contributed by atoms with Crippen molar-refractivity contribution < 1.29 is 13.9 Å². The van der Waals surface area contributed by atoms with Crippen molar-refractivity contribution in [3.63, 3.8) is 0 Å². The Balaban J connectivity index is 1.84. The molecule has 0 saturated carbocycles. The van der Waals surface area contributed by atoms with Crippen LogP contribution in [0.5, 0.6) is 5.75 Å². The number of carbonyl (C=O) groups is 1. The zero-order valence-electron chi connectivity index (χ0n) is 11.4. The number of Topliss-reactive ketones (excluding diaryl/α,β-unsaturated/α-hetero) is 1. The van der Waals surface area contributed by atoms with Gasteiger partial charge in [0.15, 0.2) is 17.3 Å². The minimum Gasteiger partial charge on any atom is -0.491 e. The molecule has 20 heavy (non-hydrogen) atoms. The highest BCUT2D eigenvalue weighted by Crippen LogP contribution is 2.19. The molecule has 0 aliphatic carbocycles. The van der Waals surface area contributed by atoms with Gasteiger partial charge in [0.1, 0.15) is 0 Å². The van der Waals surface area contributed by atoms with Crippen LogP contribution >= 0.6 is 0 Å². The molecule has 0 saturated heterocycles. The fraction of sp³-hybridized carbons (Fsp3) is 0.235. The predicted octanol–water partition coefficient (Wildman–Crippen LogP) is 4.04. The molecule has 0 aliphatic rings. The smallest absolute Gasteiger partial charge is 0.165 e. The van der Waals surface area contributed by atoms with Gasteiger partial charge in [0, 0.05) is 5.56 Å². The van der Waals surface area contributed by atoms with Crippen LogP contribution in [-0.2, 0) is 6.42 Å². The molecule has 0 heterocycles. The standard InChI is InChI=1S/C17H17FO2/c1-13(19)15-9-10-17(16(18)12-15)20-11-5-8-14-6-3-2-4-7-14/h2-4,6-7,9-10,12H,5,8,11H2,1H3. The lowest BCUT2D eigenvalue weighted by Gasteiger charge is -2.08. The molecular formula is C17H17FO2. The first-order chi connectivity index (χ1) is 9.66. The number of hydrogen-bond donors (Lipinski definition) is 0. The average molecular weight is 272 g/mol. The van der Waals surface area contributed by atoms with E-state index in [1.54, 1.807) is 6.07 Å². The molecule has 104 valence electrons. The van der Waals surface area contributed by atoms with E-state index in [1.165, 1.54) is 24.6 Å². The summed E-state index contributed by atoms with van der Waals surface area (Å²) in [5.74, 6) is -0.444. The molecule has 2 aromatic rings. The molecule has 0 aliphatic heterocycles. The highest BCUT2D eigenvalue weighted by molar-refractivity contribution is 5.94. The second-order valence-electron chi connectivity index (χ2n) is 4.64. The van der Waals surface area contributed by atoms with Crippen LogP contribution in [0, 0.1) is 5.82 Å². The van der Waals surface area contributed by atoms with E-state index in [0.29, 0.717) is 12.2 Å². The fourth-order valence-corrected chi connectivity index (χ4v) is 1.94. The third kappa shape index (κ3) is 3.92. The van der Waals surface area contributed by atoms with Crippen molar-refractivity contribution in [1.29, 1.82) is 0 Å². The van der Waals surface area contributed by atoms with E-state index in [2.05, 4.69) is 12.1 Å². The van der Waals surface area contributed by atoms with Gasteiger partial charge in [0.25, 0.3) is 0 Å². The molecular weight excluding hydrogens is 255 g/mol. The Morgan fingerprint density at radius 2 is 1.90 bits per heavy atom. The molecule has 0 radical (unpaired) electrons. The Morgan fingerprint density at radius 1 is 1.15 bits per heavy atom. The number of aryl methyl sites for hydroxylation is 1. The second-order valence-corrected chi connectivity index (χ2v) is 4.64. The lowest BCUT2D eigenvalue weighted by atomic mass is 10.1. The van der Waals surface area contributed by atoms with Gasteiger partial charge in [-0.15, -0.1) is 0 Å². The molecule has 2 nitrogen and oxygen atoms in total. The molecule has 0 unspecified atom stereocenters. The Labute approximate surface area is 118 Å². The molecule has 0 bridgehead atoms. The zero-order chi connectivity index (χ0) is 14.4. The topological polar surface area (TPSA) is 26.3 Å². The molecule has 0 amide bonds. The Kier molecular flexibility index (Phi) is 4.88. The fourth-order valence-electron chi connectivity index (χ4n) is 1.94. The maximum atomic E-state index is 13.7. The second kappa shape index (κ2) is 6.85. The molecule has 0 fully saturated rings. The first-order valence-electron chi connectivity index (χ1n) is 6.64. The number of rotatable bonds is 6. The first-order valence-corrected chi connectivity index (χ1v) is 6.64. The van der Waals surface area contributed by atoms with Crippen LogP contribution in [0.4, 0.5) is 4.39 Å². The molecule has 0 N–H and O–H groups in total. The van der Waals surface area contributed by atoms with Gasteiger partial charge in [-0.25, -0.2) is 4.39 Å². The van der Waals surface area contributed by atoms with Gasteiger partial charge >= 0.3 is 0 Å². The lowest BCUT2D eigenvalue weighted by Crippen LogP contribution is -2.02. The van der Waals surface area contributed by atoms with Crippen molar-refractivity contribution >= 4 is 5.78 Å². The minimum absolute atomic E-state index is 0.153. The van der Waals surface area contributed by atoms with Crippen LogP contribution in [0.15, 0.2) is 48.5 Å². The largest absolute Gasteiger partial charge is 0.491 e. The predicted molar refractivity (Wildman–Crippen MR) is 76.7 cm³/mol. The van der Waals surface area contributed by atoms with Crippen LogP contribution in [0.3, 0.4) is 0 Å². The molecule has 0 spiro atoms. The van der Waals surface area contributed by atoms with Gasteiger partial charge in [0.2, 0.25) is 0 Å². The minimum atomic E-state index is -0.489. The summed E-state index contributed by atoms with van der Waals surface area (Å²) in [5, 5.41) is 0. The van der Waals surface area contributed by atoms with Gasteiger partial charge in [-0.1, -0.05) is 30.3 Å². The maximum absolute atomic E-state index is 13.7. The van der Waals surface area contributed by atoms with Gasteiger partial charge < -0.3 is 4.74 Å². The number of ketones is 1. The van der Waals surface area contributed by atoms with Gasteiger partial charge in [-0.05, 0) is 43.5 Å². The summed E-state index contributed by atoms with van der Waals surface area (Å²) in [6.45, 7) is 1.86. The zero-order valence-corrected chi connectivity index (χ0v) is 11.4. The van der Waals surface area contributed by atoms with Crippen molar-refractivity contribution in [3.8, 4) is 5.75 Å². The Bertz CT molecular complexity index is 579. The molecule has 0 aromatic heterocycles. The number of carbonyl (C=O) groups excluding carboxylic acids is 1. The SMILES string of the molecule is CC(=O)c1ccc(OCCCc2ccccc2)c(F)c1. The van der Waals surface area contributed by atoms with E-state index in [9.17, 15) is 9.18 Å². The van der Waals surface area contributed by atoms with Crippen LogP contribution in [0.25, 0.3) is 0 Å². The third-order valence-electron chi connectivity index (χ3n) is 3.05. The van der Waals surface area contributed by atoms with Crippen molar-refractivity contribution in [2.24, 2.45) is 0 Å². The molecule has 3 heteroatoms. The van der Waals surface area contributed by atoms with Crippen molar-refractivity contribution in [3.05, 3.63) is 65.5 Å². The van der Waals surface area contributed by atoms with Crippen molar-refractivity contribution in [2.45, 2.75) is 19.8 Å². The summed E-state index contributed by atoms with van der Waals surface area (Å²) in [5.41, 5.74) is 1.60. The quantitative estimate of drug-likeness (QED) is 0.586. The normalized spacial score (nSPS) is 10.3. The van der Waals surface area contributed by atoms with Crippen LogP contribution in [0.2, 0.25) is 0 Å². The maximum Gasteiger partial charge on any atom is 0.165 e. The third-order valence-corrected chi connectivity index (χ3v) is 3.05. The number of halogens is 1.